The molecule has 2 nitrogen and oxygen atoms in total. The normalized spacial score (nSPS) is 9.15. The third kappa shape index (κ3) is 2.25. The Morgan fingerprint density at radius 1 is 1.23 bits per heavy atom. The standard InChI is InChI=1S/C9H9NO.CH3Br/c1-11-8-2-3-9-7(6-8)4-5-10-9;1-2/h2-6,10H,1H3;1H3. The molecule has 0 fully saturated rings. The smallest absolute Gasteiger partial charge is 0.119 e. The molecule has 0 amide bonds. The van der Waals surface area contributed by atoms with Gasteiger partial charge in [0.05, 0.1) is 7.11 Å². The van der Waals surface area contributed by atoms with E-state index >= 15 is 0 Å². The van der Waals surface area contributed by atoms with Gasteiger partial charge < -0.3 is 9.72 Å². The SMILES string of the molecule is CBr.COc1ccc2[nH]ccc2c1. The van der Waals surface area contributed by atoms with Gasteiger partial charge in [0.15, 0.2) is 0 Å². The Morgan fingerprint density at radius 3 is 2.69 bits per heavy atom. The maximum Gasteiger partial charge on any atom is 0.119 e. The molecule has 0 aliphatic rings. The van der Waals surface area contributed by atoms with Crippen LogP contribution in [0.4, 0.5) is 0 Å². The van der Waals surface area contributed by atoms with Crippen LogP contribution in [0.25, 0.3) is 10.9 Å². The summed E-state index contributed by atoms with van der Waals surface area (Å²) in [5.74, 6) is 2.71. The van der Waals surface area contributed by atoms with Gasteiger partial charge in [0.25, 0.3) is 0 Å². The van der Waals surface area contributed by atoms with Gasteiger partial charge in [-0.2, -0.15) is 0 Å². The summed E-state index contributed by atoms with van der Waals surface area (Å²) in [5, 5.41) is 1.18. The third-order valence-electron chi connectivity index (χ3n) is 1.76. The lowest BCUT2D eigenvalue weighted by molar-refractivity contribution is 0.415. The average Bonchev–Trinajstić information content (AvgIpc) is 2.67. The zero-order valence-corrected chi connectivity index (χ0v) is 9.26. The number of methoxy groups -OCH3 is 1. The van der Waals surface area contributed by atoms with E-state index in [1.165, 1.54) is 5.39 Å². The van der Waals surface area contributed by atoms with Crippen molar-refractivity contribution in [3.05, 3.63) is 30.5 Å². The highest BCUT2D eigenvalue weighted by atomic mass is 79.9. The topological polar surface area (TPSA) is 25.0 Å². The molecule has 2 rings (SSSR count). The number of aromatic nitrogens is 1. The van der Waals surface area contributed by atoms with E-state index in [4.69, 9.17) is 4.74 Å². The Morgan fingerprint density at radius 2 is 2.00 bits per heavy atom. The summed E-state index contributed by atoms with van der Waals surface area (Å²) in [6.45, 7) is 0. The van der Waals surface area contributed by atoms with Gasteiger partial charge in [0, 0.05) is 17.1 Å². The molecule has 0 bridgehead atoms. The van der Waals surface area contributed by atoms with Crippen LogP contribution < -0.4 is 4.74 Å². The van der Waals surface area contributed by atoms with Crippen LogP contribution in [0, 0.1) is 0 Å². The molecule has 0 radical (unpaired) electrons. The third-order valence-corrected chi connectivity index (χ3v) is 1.76. The molecule has 1 aromatic carbocycles. The molecule has 3 heteroatoms. The summed E-state index contributed by atoms with van der Waals surface area (Å²) in [6.07, 6.45) is 1.92. The molecule has 0 unspecified atom stereocenters. The van der Waals surface area contributed by atoms with Gasteiger partial charge in [0.2, 0.25) is 0 Å². The fourth-order valence-corrected chi connectivity index (χ4v) is 1.16. The Bertz CT molecular complexity index is 370. The van der Waals surface area contributed by atoms with Crippen molar-refractivity contribution in [1.29, 1.82) is 0 Å². The maximum absolute atomic E-state index is 5.08. The van der Waals surface area contributed by atoms with E-state index in [1.807, 2.05) is 36.3 Å². The molecule has 1 heterocycles. The minimum Gasteiger partial charge on any atom is -0.497 e. The minimum absolute atomic E-state index is 0.900. The second kappa shape index (κ2) is 4.92. The Hall–Kier alpha value is -0.960. The molecule has 0 spiro atoms. The van der Waals surface area contributed by atoms with Crippen molar-refractivity contribution in [3.63, 3.8) is 0 Å². The predicted octanol–water partition coefficient (Wildman–Crippen LogP) is 3.19. The number of hydrogen-bond acceptors (Lipinski definition) is 1. The zero-order valence-electron chi connectivity index (χ0n) is 7.67. The molecule has 1 aromatic heterocycles. The number of ether oxygens (including phenoxy) is 1. The maximum atomic E-state index is 5.08. The van der Waals surface area contributed by atoms with Gasteiger partial charge in [-0.15, -0.1) is 0 Å². The van der Waals surface area contributed by atoms with Crippen LogP contribution in [0.3, 0.4) is 0 Å². The van der Waals surface area contributed by atoms with Gasteiger partial charge in [-0.3, -0.25) is 0 Å². The van der Waals surface area contributed by atoms with Crippen molar-refractivity contribution in [2.75, 3.05) is 12.9 Å². The van der Waals surface area contributed by atoms with Crippen molar-refractivity contribution in [3.8, 4) is 5.75 Å². The van der Waals surface area contributed by atoms with Crippen LogP contribution in [0.5, 0.6) is 5.75 Å². The van der Waals surface area contributed by atoms with E-state index in [-0.39, 0.29) is 0 Å². The molecule has 2 aromatic rings. The number of fused-ring (bicyclic) bond motifs is 1. The quantitative estimate of drug-likeness (QED) is 0.763. The van der Waals surface area contributed by atoms with Gasteiger partial charge in [-0.05, 0) is 30.1 Å². The zero-order chi connectivity index (χ0) is 9.68. The van der Waals surface area contributed by atoms with E-state index in [0.29, 0.717) is 0 Å². The van der Waals surface area contributed by atoms with Crippen LogP contribution in [0.2, 0.25) is 0 Å². The summed E-state index contributed by atoms with van der Waals surface area (Å²) in [5.41, 5.74) is 1.14. The number of benzene rings is 1. The van der Waals surface area contributed by atoms with Gasteiger partial charge in [-0.1, -0.05) is 15.9 Å². The lowest BCUT2D eigenvalue weighted by Gasteiger charge is -1.97. The van der Waals surface area contributed by atoms with Gasteiger partial charge in [-0.25, -0.2) is 0 Å². The molecule has 0 atom stereocenters. The lowest BCUT2D eigenvalue weighted by Crippen LogP contribution is -1.80. The fourth-order valence-electron chi connectivity index (χ4n) is 1.16. The number of halogens is 1. The van der Waals surface area contributed by atoms with Crippen molar-refractivity contribution in [1.82, 2.24) is 4.98 Å². The molecule has 0 saturated carbocycles. The predicted molar refractivity (Wildman–Crippen MR) is 59.7 cm³/mol. The Balaban J connectivity index is 0.000000396. The lowest BCUT2D eigenvalue weighted by atomic mass is 10.2. The minimum atomic E-state index is 0.900. The van der Waals surface area contributed by atoms with Crippen LogP contribution >= 0.6 is 15.9 Å². The summed E-state index contributed by atoms with van der Waals surface area (Å²) in [7, 11) is 1.67. The number of H-pyrrole nitrogens is 1. The van der Waals surface area contributed by atoms with Crippen molar-refractivity contribution < 1.29 is 4.74 Å². The number of hydrogen-bond donors (Lipinski definition) is 1. The van der Waals surface area contributed by atoms with Crippen molar-refractivity contribution in [2.24, 2.45) is 0 Å². The molecule has 1 N–H and O–H groups in total. The van der Waals surface area contributed by atoms with E-state index in [1.54, 1.807) is 7.11 Å². The van der Waals surface area contributed by atoms with Crippen molar-refractivity contribution in [2.45, 2.75) is 0 Å². The number of rotatable bonds is 1. The first kappa shape index (κ1) is 10.1. The summed E-state index contributed by atoms with van der Waals surface area (Å²) in [4.78, 5) is 3.12. The first-order chi connectivity index (χ1) is 6.40. The van der Waals surface area contributed by atoms with E-state index in [9.17, 15) is 0 Å². The molecule has 0 aliphatic heterocycles. The molecule has 70 valence electrons. The number of alkyl halides is 1. The van der Waals surface area contributed by atoms with E-state index < -0.39 is 0 Å². The Labute approximate surface area is 86.0 Å². The molecule has 0 saturated heterocycles. The number of nitrogens with one attached hydrogen (secondary N) is 1. The number of aromatic amines is 1. The second-order valence-electron chi connectivity index (χ2n) is 2.43. The highest BCUT2D eigenvalue weighted by Gasteiger charge is 1.94. The van der Waals surface area contributed by atoms with E-state index in [2.05, 4.69) is 20.9 Å². The largest absolute Gasteiger partial charge is 0.497 e. The summed E-state index contributed by atoms with van der Waals surface area (Å²) < 4.78 is 5.08. The molecule has 0 aliphatic carbocycles. The van der Waals surface area contributed by atoms with Gasteiger partial charge in [0.1, 0.15) is 5.75 Å². The molecular formula is C10H12BrNO. The molecular weight excluding hydrogens is 230 g/mol. The molecule has 13 heavy (non-hydrogen) atoms. The monoisotopic (exact) mass is 241 g/mol. The fraction of sp³-hybridized carbons (Fsp3) is 0.200. The van der Waals surface area contributed by atoms with Crippen LogP contribution in [0.1, 0.15) is 0 Å². The highest BCUT2D eigenvalue weighted by molar-refractivity contribution is 9.08. The Kier molecular flexibility index (Phi) is 3.83. The van der Waals surface area contributed by atoms with Crippen molar-refractivity contribution >= 4 is 26.8 Å². The van der Waals surface area contributed by atoms with Gasteiger partial charge >= 0.3 is 0 Å². The summed E-state index contributed by atoms with van der Waals surface area (Å²) in [6, 6.07) is 7.98. The average molecular weight is 242 g/mol. The van der Waals surface area contributed by atoms with Crippen LogP contribution in [0.15, 0.2) is 30.5 Å². The highest BCUT2D eigenvalue weighted by Crippen LogP contribution is 2.18. The first-order valence-corrected chi connectivity index (χ1v) is 5.48. The first-order valence-electron chi connectivity index (χ1n) is 3.89. The van der Waals surface area contributed by atoms with Crippen LogP contribution in [-0.4, -0.2) is 17.9 Å². The second-order valence-corrected chi connectivity index (χ2v) is 2.43. The van der Waals surface area contributed by atoms with E-state index in [0.717, 1.165) is 11.3 Å². The summed E-state index contributed by atoms with van der Waals surface area (Å²) >= 11 is 2.94. The van der Waals surface area contributed by atoms with Crippen LogP contribution in [-0.2, 0) is 0 Å².